The summed E-state index contributed by atoms with van der Waals surface area (Å²) in [6.07, 6.45) is 4.02. The number of imidazole rings is 1. The Morgan fingerprint density at radius 2 is 1.20 bits per heavy atom. The Kier molecular flexibility index (Phi) is 4.47. The number of rotatable bonds is 4. The molecule has 150 valence electrons. The summed E-state index contributed by atoms with van der Waals surface area (Å²) in [6, 6.07) is 23.9. The Bertz CT molecular complexity index is 1270. The summed E-state index contributed by atoms with van der Waals surface area (Å²) in [5.74, 6) is 1.78. The molecule has 3 heteroatoms. The number of para-hydroxylation sites is 3. The molecule has 0 fully saturated rings. The first kappa shape index (κ1) is 18.7. The van der Waals surface area contributed by atoms with Gasteiger partial charge in [0.2, 0.25) is 5.95 Å². The predicted octanol–water partition coefficient (Wildman–Crippen LogP) is 7.22. The number of aromatic nitrogens is 3. The summed E-state index contributed by atoms with van der Waals surface area (Å²) >= 11 is 0. The van der Waals surface area contributed by atoms with Gasteiger partial charge in [-0.15, -0.1) is 0 Å². The van der Waals surface area contributed by atoms with E-state index in [1.165, 1.54) is 38.6 Å². The van der Waals surface area contributed by atoms with Crippen LogP contribution in [0, 0.1) is 0 Å². The van der Waals surface area contributed by atoms with Crippen molar-refractivity contribution in [1.29, 1.82) is 0 Å². The fourth-order valence-corrected chi connectivity index (χ4v) is 4.56. The monoisotopic (exact) mass is 393 g/mol. The Labute approximate surface area is 177 Å². The van der Waals surface area contributed by atoms with Crippen LogP contribution in [-0.2, 0) is 0 Å². The van der Waals surface area contributed by atoms with E-state index in [0.29, 0.717) is 11.8 Å². The third-order valence-corrected chi connectivity index (χ3v) is 5.98. The van der Waals surface area contributed by atoms with Crippen LogP contribution in [0.3, 0.4) is 0 Å². The molecule has 3 aromatic carbocycles. The summed E-state index contributed by atoms with van der Waals surface area (Å²) in [5, 5.41) is 2.51. The average molecular weight is 394 g/mol. The smallest absolute Gasteiger partial charge is 0.219 e. The lowest BCUT2D eigenvalue weighted by Gasteiger charge is -2.22. The fraction of sp³-hybridized carbons (Fsp3) is 0.222. The molecule has 30 heavy (non-hydrogen) atoms. The molecule has 0 amide bonds. The lowest BCUT2D eigenvalue weighted by molar-refractivity contribution is 0.796. The van der Waals surface area contributed by atoms with Crippen LogP contribution in [0.5, 0.6) is 0 Å². The molecule has 0 saturated carbocycles. The maximum absolute atomic E-state index is 4.86. The van der Waals surface area contributed by atoms with E-state index >= 15 is 0 Å². The van der Waals surface area contributed by atoms with Crippen molar-refractivity contribution in [3.63, 3.8) is 0 Å². The average Bonchev–Trinajstić information content (AvgIpc) is 3.35. The largest absolute Gasteiger partial charge is 0.285 e. The van der Waals surface area contributed by atoms with Crippen molar-refractivity contribution >= 4 is 21.8 Å². The van der Waals surface area contributed by atoms with Crippen molar-refractivity contribution in [3.8, 4) is 11.6 Å². The Morgan fingerprint density at radius 3 is 1.73 bits per heavy atom. The van der Waals surface area contributed by atoms with Crippen LogP contribution >= 0.6 is 0 Å². The van der Waals surface area contributed by atoms with Crippen LogP contribution < -0.4 is 0 Å². The second kappa shape index (κ2) is 7.17. The van der Waals surface area contributed by atoms with E-state index in [-0.39, 0.29) is 0 Å². The van der Waals surface area contributed by atoms with Gasteiger partial charge in [-0.05, 0) is 35.1 Å². The molecule has 2 heterocycles. The molecule has 5 rings (SSSR count). The van der Waals surface area contributed by atoms with Crippen LogP contribution in [0.2, 0.25) is 0 Å². The van der Waals surface area contributed by atoms with Crippen molar-refractivity contribution in [2.45, 2.75) is 39.5 Å². The SMILES string of the molecule is CC(C)c1cccc(C(C)C)c1-n1ccnc1-n1c2ccccc2c2ccccc21. The molecule has 0 N–H and O–H groups in total. The second-order valence-electron chi connectivity index (χ2n) is 8.56. The Morgan fingerprint density at radius 1 is 0.667 bits per heavy atom. The van der Waals surface area contributed by atoms with Crippen molar-refractivity contribution in [2.75, 3.05) is 0 Å². The summed E-state index contributed by atoms with van der Waals surface area (Å²) in [6.45, 7) is 9.06. The molecule has 0 bridgehead atoms. The van der Waals surface area contributed by atoms with Gasteiger partial charge < -0.3 is 0 Å². The van der Waals surface area contributed by atoms with Gasteiger partial charge in [-0.3, -0.25) is 9.13 Å². The molecule has 0 aliphatic heterocycles. The maximum atomic E-state index is 4.86. The first-order valence-corrected chi connectivity index (χ1v) is 10.7. The molecule has 0 spiro atoms. The van der Waals surface area contributed by atoms with Gasteiger partial charge in [-0.1, -0.05) is 82.3 Å². The topological polar surface area (TPSA) is 22.8 Å². The van der Waals surface area contributed by atoms with E-state index in [4.69, 9.17) is 4.98 Å². The van der Waals surface area contributed by atoms with Gasteiger partial charge in [0.1, 0.15) is 0 Å². The summed E-state index contributed by atoms with van der Waals surface area (Å²) < 4.78 is 4.58. The highest BCUT2D eigenvalue weighted by molar-refractivity contribution is 6.08. The second-order valence-corrected chi connectivity index (χ2v) is 8.56. The lowest BCUT2D eigenvalue weighted by atomic mass is 9.92. The van der Waals surface area contributed by atoms with Crippen LogP contribution in [0.15, 0.2) is 79.1 Å². The van der Waals surface area contributed by atoms with Crippen molar-refractivity contribution < 1.29 is 0 Å². The molecule has 3 nitrogen and oxygen atoms in total. The molecular formula is C27H27N3. The molecule has 0 unspecified atom stereocenters. The van der Waals surface area contributed by atoms with E-state index in [0.717, 1.165) is 5.95 Å². The molecule has 0 radical (unpaired) electrons. The van der Waals surface area contributed by atoms with E-state index in [2.05, 4.69) is 110 Å². The lowest BCUT2D eigenvalue weighted by Crippen LogP contribution is -2.11. The summed E-state index contributed by atoms with van der Waals surface area (Å²) in [7, 11) is 0. The van der Waals surface area contributed by atoms with Crippen LogP contribution in [0.1, 0.15) is 50.7 Å². The minimum absolute atomic E-state index is 0.423. The quantitative estimate of drug-likeness (QED) is 0.316. The minimum Gasteiger partial charge on any atom is -0.285 e. The van der Waals surface area contributed by atoms with E-state index in [1.807, 2.05) is 6.20 Å². The minimum atomic E-state index is 0.423. The van der Waals surface area contributed by atoms with E-state index in [1.54, 1.807) is 0 Å². The first-order valence-electron chi connectivity index (χ1n) is 10.7. The highest BCUT2D eigenvalue weighted by Crippen LogP contribution is 2.35. The highest BCUT2D eigenvalue weighted by atomic mass is 15.2. The number of nitrogens with zero attached hydrogens (tertiary/aromatic N) is 3. The van der Waals surface area contributed by atoms with Crippen LogP contribution in [0.25, 0.3) is 33.4 Å². The summed E-state index contributed by atoms with van der Waals surface area (Å²) in [5.41, 5.74) is 6.32. The zero-order valence-electron chi connectivity index (χ0n) is 18.0. The standard InChI is InChI=1S/C27H27N3/c1-18(2)20-12-9-13-21(19(3)4)26(20)29-17-16-28-27(29)30-24-14-7-5-10-22(24)23-11-6-8-15-25(23)30/h5-19H,1-4H3. The number of hydrogen-bond acceptors (Lipinski definition) is 1. The van der Waals surface area contributed by atoms with Crippen LogP contribution in [-0.4, -0.2) is 14.1 Å². The van der Waals surface area contributed by atoms with Gasteiger partial charge in [-0.25, -0.2) is 4.98 Å². The molecule has 0 aliphatic rings. The van der Waals surface area contributed by atoms with E-state index < -0.39 is 0 Å². The van der Waals surface area contributed by atoms with Crippen molar-refractivity contribution in [1.82, 2.24) is 14.1 Å². The molecule has 0 saturated heterocycles. The maximum Gasteiger partial charge on any atom is 0.219 e. The van der Waals surface area contributed by atoms with Gasteiger partial charge in [0.05, 0.1) is 16.7 Å². The number of hydrogen-bond donors (Lipinski definition) is 0. The molecule has 5 aromatic rings. The van der Waals surface area contributed by atoms with Gasteiger partial charge in [0.15, 0.2) is 0 Å². The molecule has 2 aromatic heterocycles. The summed E-state index contributed by atoms with van der Waals surface area (Å²) in [4.78, 5) is 4.86. The fourth-order valence-electron chi connectivity index (χ4n) is 4.56. The van der Waals surface area contributed by atoms with Crippen LogP contribution in [0.4, 0.5) is 0 Å². The van der Waals surface area contributed by atoms with Crippen molar-refractivity contribution in [2.24, 2.45) is 0 Å². The van der Waals surface area contributed by atoms with Crippen molar-refractivity contribution in [3.05, 3.63) is 90.3 Å². The van der Waals surface area contributed by atoms with Gasteiger partial charge in [0, 0.05) is 23.2 Å². The zero-order chi connectivity index (χ0) is 20.8. The van der Waals surface area contributed by atoms with Gasteiger partial charge in [-0.2, -0.15) is 0 Å². The van der Waals surface area contributed by atoms with Gasteiger partial charge in [0.25, 0.3) is 0 Å². The third-order valence-electron chi connectivity index (χ3n) is 5.98. The normalized spacial score (nSPS) is 11.9. The third kappa shape index (κ3) is 2.77. The molecule has 0 atom stereocenters. The van der Waals surface area contributed by atoms with E-state index in [9.17, 15) is 0 Å². The number of fused-ring (bicyclic) bond motifs is 3. The number of benzene rings is 3. The highest BCUT2D eigenvalue weighted by Gasteiger charge is 2.21. The first-order chi connectivity index (χ1) is 14.6. The predicted molar refractivity (Wildman–Crippen MR) is 126 cm³/mol. The molecule has 0 aliphatic carbocycles. The zero-order valence-corrected chi connectivity index (χ0v) is 18.0. The Balaban J connectivity index is 1.88. The van der Waals surface area contributed by atoms with Gasteiger partial charge >= 0.3 is 0 Å². The Hall–Kier alpha value is -3.33. The molecular weight excluding hydrogens is 366 g/mol.